The summed E-state index contributed by atoms with van der Waals surface area (Å²) in [7, 11) is 1.62. The maximum atomic E-state index is 13.8. The number of nitrogens with one attached hydrogen (secondary N) is 2. The molecule has 0 aliphatic rings. The van der Waals surface area contributed by atoms with E-state index in [1.807, 2.05) is 12.3 Å². The normalized spacial score (nSPS) is 10.7. The molecule has 2 aromatic carbocycles. The Morgan fingerprint density at radius 1 is 1.07 bits per heavy atom. The summed E-state index contributed by atoms with van der Waals surface area (Å²) in [5.74, 6) is 0.569. The predicted octanol–water partition coefficient (Wildman–Crippen LogP) is 4.18. The van der Waals surface area contributed by atoms with Crippen molar-refractivity contribution in [2.75, 3.05) is 13.3 Å². The van der Waals surface area contributed by atoms with Crippen molar-refractivity contribution in [3.05, 3.63) is 70.3 Å². The predicted molar refractivity (Wildman–Crippen MR) is 117 cm³/mol. The van der Waals surface area contributed by atoms with Gasteiger partial charge in [0.2, 0.25) is 0 Å². The second-order valence-electron chi connectivity index (χ2n) is 5.54. The van der Waals surface area contributed by atoms with E-state index in [0.717, 1.165) is 11.1 Å². The van der Waals surface area contributed by atoms with Gasteiger partial charge in [-0.3, -0.25) is 4.99 Å². The number of rotatable bonds is 6. The summed E-state index contributed by atoms with van der Waals surface area (Å²) in [4.78, 5) is 4.11. The first-order valence-electron chi connectivity index (χ1n) is 7.96. The molecule has 2 rings (SSSR count). The molecule has 2 aromatic rings. The number of hydrogen-bond acceptors (Lipinski definition) is 3. The van der Waals surface area contributed by atoms with Crippen molar-refractivity contribution in [2.24, 2.45) is 4.99 Å². The van der Waals surface area contributed by atoms with Gasteiger partial charge in [-0.2, -0.15) is 17.0 Å². The molecule has 0 spiro atoms. The Morgan fingerprint density at radius 3 is 2.41 bits per heavy atom. The third-order valence-electron chi connectivity index (χ3n) is 3.76. The van der Waals surface area contributed by atoms with Gasteiger partial charge < -0.3 is 10.6 Å². The average Bonchev–Trinajstić information content (AvgIpc) is 2.64. The van der Waals surface area contributed by atoms with Crippen LogP contribution in [0.25, 0.3) is 0 Å². The van der Waals surface area contributed by atoms with Gasteiger partial charge in [0.15, 0.2) is 5.96 Å². The minimum atomic E-state index is -0.382. The summed E-state index contributed by atoms with van der Waals surface area (Å²) in [5.41, 5.74) is 2.69. The van der Waals surface area contributed by atoms with E-state index in [4.69, 9.17) is 5.26 Å². The zero-order valence-electron chi connectivity index (χ0n) is 15.1. The van der Waals surface area contributed by atoms with Crippen LogP contribution in [0.1, 0.15) is 22.3 Å². The molecule has 27 heavy (non-hydrogen) atoms. The lowest BCUT2D eigenvalue weighted by molar-refractivity contribution is 0.604. The number of halogens is 3. The van der Waals surface area contributed by atoms with E-state index in [2.05, 4.69) is 15.6 Å². The van der Waals surface area contributed by atoms with Crippen LogP contribution < -0.4 is 10.6 Å². The summed E-state index contributed by atoms with van der Waals surface area (Å²) in [6.07, 6.45) is 1.96. The Kier molecular flexibility index (Phi) is 10.1. The molecule has 4 nitrogen and oxygen atoms in total. The largest absolute Gasteiger partial charge is 0.352 e. The zero-order chi connectivity index (χ0) is 18.9. The average molecular weight is 502 g/mol. The molecule has 8 heteroatoms. The maximum Gasteiger partial charge on any atom is 0.191 e. The highest BCUT2D eigenvalue weighted by molar-refractivity contribution is 14.0. The van der Waals surface area contributed by atoms with Crippen molar-refractivity contribution >= 4 is 41.7 Å². The van der Waals surface area contributed by atoms with Gasteiger partial charge >= 0.3 is 0 Å². The fraction of sp³-hybridized carbons (Fsp3) is 0.263. The van der Waals surface area contributed by atoms with Crippen molar-refractivity contribution in [2.45, 2.75) is 18.8 Å². The van der Waals surface area contributed by atoms with Gasteiger partial charge in [0.05, 0.1) is 11.6 Å². The summed E-state index contributed by atoms with van der Waals surface area (Å²) >= 11 is 1.62. The van der Waals surface area contributed by atoms with Crippen LogP contribution in [0, 0.1) is 23.0 Å². The van der Waals surface area contributed by atoms with Crippen LogP contribution in [-0.4, -0.2) is 19.3 Å². The number of benzene rings is 2. The summed E-state index contributed by atoms with van der Waals surface area (Å²) in [5, 5.41) is 15.1. The van der Waals surface area contributed by atoms with Crippen LogP contribution in [0.3, 0.4) is 0 Å². The van der Waals surface area contributed by atoms with Gasteiger partial charge in [0.1, 0.15) is 11.6 Å². The van der Waals surface area contributed by atoms with Gasteiger partial charge in [-0.15, -0.1) is 24.0 Å². The molecule has 0 amide bonds. The number of guanidine groups is 1. The highest BCUT2D eigenvalue weighted by Crippen LogP contribution is 2.16. The van der Waals surface area contributed by atoms with Gasteiger partial charge in [0, 0.05) is 31.5 Å². The molecule has 0 saturated heterocycles. The van der Waals surface area contributed by atoms with Crippen molar-refractivity contribution < 1.29 is 8.78 Å². The minimum Gasteiger partial charge on any atom is -0.352 e. The van der Waals surface area contributed by atoms with Crippen molar-refractivity contribution in [3.63, 3.8) is 0 Å². The van der Waals surface area contributed by atoms with Crippen LogP contribution in [0.5, 0.6) is 0 Å². The Balaban J connectivity index is 0.00000364. The van der Waals surface area contributed by atoms with E-state index in [-0.39, 0.29) is 42.2 Å². The number of thioether (sulfide) groups is 1. The highest BCUT2D eigenvalue weighted by Gasteiger charge is 2.07. The fourth-order valence-corrected chi connectivity index (χ4v) is 2.99. The molecule has 2 N–H and O–H groups in total. The number of nitriles is 1. The van der Waals surface area contributed by atoms with E-state index < -0.39 is 0 Å². The molecular formula is C19H21F2IN4S. The molecule has 0 fully saturated rings. The lowest BCUT2D eigenvalue weighted by Gasteiger charge is -2.14. The van der Waals surface area contributed by atoms with Crippen LogP contribution >= 0.6 is 35.7 Å². The van der Waals surface area contributed by atoms with E-state index in [9.17, 15) is 8.78 Å². The van der Waals surface area contributed by atoms with Crippen LogP contribution in [0.15, 0.2) is 41.4 Å². The fourth-order valence-electron chi connectivity index (χ4n) is 2.42. The lowest BCUT2D eigenvalue weighted by atomic mass is 10.1. The van der Waals surface area contributed by atoms with E-state index in [0.29, 0.717) is 29.4 Å². The first-order chi connectivity index (χ1) is 12.6. The highest BCUT2D eigenvalue weighted by atomic mass is 127. The van der Waals surface area contributed by atoms with E-state index >= 15 is 0 Å². The topological polar surface area (TPSA) is 60.2 Å². The molecule has 0 aromatic heterocycles. The molecular weight excluding hydrogens is 481 g/mol. The van der Waals surface area contributed by atoms with Crippen molar-refractivity contribution in [3.8, 4) is 6.07 Å². The molecule has 144 valence electrons. The standard InChI is InChI=1S/C19H20F2N4S.HI/c1-23-19(25-11-15-7-13(9-22)3-6-18(15)21)24-10-14-4-5-17(20)8-16(14)12-26-2;/h3-8H,10-12H2,1-2H3,(H2,23,24,25);1H. The van der Waals surface area contributed by atoms with Crippen LogP contribution in [-0.2, 0) is 18.8 Å². The maximum absolute atomic E-state index is 13.8. The second kappa shape index (κ2) is 11.8. The van der Waals surface area contributed by atoms with E-state index in [1.54, 1.807) is 24.9 Å². The van der Waals surface area contributed by atoms with Crippen LogP contribution in [0.2, 0.25) is 0 Å². The first kappa shape index (κ1) is 23.2. The molecule has 0 saturated carbocycles. The lowest BCUT2D eigenvalue weighted by Crippen LogP contribution is -2.36. The third-order valence-corrected chi connectivity index (χ3v) is 4.36. The summed E-state index contributed by atoms with van der Waals surface area (Å²) < 4.78 is 27.3. The molecule has 0 unspecified atom stereocenters. The SMILES string of the molecule is CN=C(NCc1cc(C#N)ccc1F)NCc1ccc(F)cc1CSC.I. The summed E-state index contributed by atoms with van der Waals surface area (Å²) in [6.45, 7) is 0.665. The Hall–Kier alpha value is -1.86. The smallest absolute Gasteiger partial charge is 0.191 e. The quantitative estimate of drug-likeness (QED) is 0.354. The molecule has 0 radical (unpaired) electrons. The second-order valence-corrected chi connectivity index (χ2v) is 6.41. The van der Waals surface area contributed by atoms with Crippen molar-refractivity contribution in [1.82, 2.24) is 10.6 Å². The molecule has 0 bridgehead atoms. The third kappa shape index (κ3) is 6.99. The molecule has 0 atom stereocenters. The number of hydrogen-bond donors (Lipinski definition) is 2. The summed E-state index contributed by atoms with van der Waals surface area (Å²) in [6, 6.07) is 10.9. The molecule has 0 aliphatic carbocycles. The monoisotopic (exact) mass is 502 g/mol. The first-order valence-corrected chi connectivity index (χ1v) is 9.36. The zero-order valence-corrected chi connectivity index (χ0v) is 18.2. The van der Waals surface area contributed by atoms with Gasteiger partial charge in [-0.25, -0.2) is 8.78 Å². The Bertz CT molecular complexity index is 837. The van der Waals surface area contributed by atoms with Gasteiger partial charge in [-0.05, 0) is 47.7 Å². The van der Waals surface area contributed by atoms with Gasteiger partial charge in [0.25, 0.3) is 0 Å². The number of aliphatic imine (C=N–C) groups is 1. The van der Waals surface area contributed by atoms with Gasteiger partial charge in [-0.1, -0.05) is 6.07 Å². The molecule has 0 aliphatic heterocycles. The molecule has 0 heterocycles. The Labute approximate surface area is 179 Å². The van der Waals surface area contributed by atoms with Crippen LogP contribution in [0.4, 0.5) is 8.78 Å². The minimum absolute atomic E-state index is 0. The Morgan fingerprint density at radius 2 is 1.78 bits per heavy atom. The van der Waals surface area contributed by atoms with E-state index in [1.165, 1.54) is 30.3 Å². The van der Waals surface area contributed by atoms with Crippen molar-refractivity contribution in [1.29, 1.82) is 5.26 Å². The number of nitrogens with zero attached hydrogens (tertiary/aromatic N) is 2.